The molecule has 2 aromatic rings. The summed E-state index contributed by atoms with van der Waals surface area (Å²) in [6.45, 7) is 13.0. The highest BCUT2D eigenvalue weighted by Crippen LogP contribution is 2.23. The molecule has 0 aromatic carbocycles. The van der Waals surface area contributed by atoms with Gasteiger partial charge in [0.05, 0.1) is 24.8 Å². The van der Waals surface area contributed by atoms with E-state index in [9.17, 15) is 9.59 Å². The fraction of sp³-hybridized carbons (Fsp3) is 0.650. The Hall–Kier alpha value is -2.95. The van der Waals surface area contributed by atoms with Crippen LogP contribution >= 0.6 is 0 Å². The Kier molecular flexibility index (Phi) is 6.08. The van der Waals surface area contributed by atoms with Crippen LogP contribution in [0, 0.1) is 5.41 Å². The highest BCUT2D eigenvalue weighted by Gasteiger charge is 2.29. The fourth-order valence-electron chi connectivity index (χ4n) is 3.00. The van der Waals surface area contributed by atoms with Crippen molar-refractivity contribution in [1.82, 2.24) is 24.6 Å². The first-order chi connectivity index (χ1) is 14.3. The number of hydrogen-bond donors (Lipinski definition) is 1. The van der Waals surface area contributed by atoms with Crippen LogP contribution in [0.5, 0.6) is 0 Å². The van der Waals surface area contributed by atoms with E-state index in [1.165, 1.54) is 6.33 Å². The summed E-state index contributed by atoms with van der Waals surface area (Å²) < 4.78 is 6.95. The molecule has 2 N–H and O–H groups in total. The molecule has 0 saturated carbocycles. The molecule has 0 radical (unpaired) electrons. The zero-order chi connectivity index (χ0) is 23.0. The van der Waals surface area contributed by atoms with Crippen molar-refractivity contribution in [1.29, 1.82) is 0 Å². The summed E-state index contributed by atoms with van der Waals surface area (Å²) in [5.74, 6) is 0.0339. The number of carbonyl (C=O) groups excluding carboxylic acids is 2. The van der Waals surface area contributed by atoms with E-state index in [4.69, 9.17) is 15.3 Å². The van der Waals surface area contributed by atoms with Gasteiger partial charge in [-0.1, -0.05) is 0 Å². The van der Waals surface area contributed by atoms with Gasteiger partial charge in [-0.05, 0) is 41.5 Å². The van der Waals surface area contributed by atoms with Crippen molar-refractivity contribution in [2.75, 3.05) is 36.8 Å². The highest BCUT2D eigenvalue weighted by atomic mass is 16.7. The number of aromatic nitrogens is 4. The summed E-state index contributed by atoms with van der Waals surface area (Å²) in [7, 11) is 0. The van der Waals surface area contributed by atoms with Gasteiger partial charge < -0.3 is 24.8 Å². The third kappa shape index (κ3) is 5.60. The Labute approximate surface area is 181 Å². The second kappa shape index (κ2) is 8.29. The van der Waals surface area contributed by atoms with Crippen molar-refractivity contribution in [3.05, 3.63) is 6.33 Å². The summed E-state index contributed by atoms with van der Waals surface area (Å²) in [5, 5.41) is 1.65. The topological polar surface area (TPSA) is 129 Å². The zero-order valence-electron chi connectivity index (χ0n) is 19.0. The lowest BCUT2D eigenvalue weighted by molar-refractivity contribution is -0.201. The SMILES string of the molecule is CC(C)(C)OC(=O)Cn1cnc2nc(N3CCN(OC(=O)C(C)(C)C)CC3)nc(N)c21. The standard InChI is InChI=1S/C20H31N7O4/c1-19(2,3)17(29)31-27-9-7-25(8-10-27)18-23-15(21)14-16(24-18)22-12-26(14)11-13(28)30-20(4,5)6/h12H,7-11H2,1-6H3,(H2,21,23,24). The maximum absolute atomic E-state index is 12.2. The molecule has 0 aliphatic carbocycles. The molecule has 1 aliphatic rings. The number of nitrogen functional groups attached to an aromatic ring is 1. The average molecular weight is 434 g/mol. The Morgan fingerprint density at radius 2 is 1.71 bits per heavy atom. The van der Waals surface area contributed by atoms with Crippen LogP contribution in [-0.4, -0.2) is 68.3 Å². The summed E-state index contributed by atoms with van der Waals surface area (Å²) in [6.07, 6.45) is 1.51. The van der Waals surface area contributed by atoms with Gasteiger partial charge in [-0.3, -0.25) is 4.79 Å². The lowest BCUT2D eigenvalue weighted by Gasteiger charge is -2.34. The number of hydroxylamine groups is 2. The molecule has 3 heterocycles. The molecule has 0 atom stereocenters. The Morgan fingerprint density at radius 1 is 1.06 bits per heavy atom. The molecule has 0 amide bonds. The molecule has 11 nitrogen and oxygen atoms in total. The monoisotopic (exact) mass is 433 g/mol. The largest absolute Gasteiger partial charge is 0.459 e. The van der Waals surface area contributed by atoms with Gasteiger partial charge in [-0.15, -0.1) is 5.06 Å². The number of rotatable bonds is 4. The highest BCUT2D eigenvalue weighted by molar-refractivity contribution is 5.84. The van der Waals surface area contributed by atoms with E-state index in [0.29, 0.717) is 43.3 Å². The number of hydrogen-bond acceptors (Lipinski definition) is 10. The summed E-state index contributed by atoms with van der Waals surface area (Å²) >= 11 is 0. The molecular formula is C20H31N7O4. The van der Waals surface area contributed by atoms with Crippen molar-refractivity contribution in [2.24, 2.45) is 5.41 Å². The van der Waals surface area contributed by atoms with Gasteiger partial charge in [-0.2, -0.15) is 9.97 Å². The lowest BCUT2D eigenvalue weighted by Crippen LogP contribution is -2.48. The molecular weight excluding hydrogens is 402 g/mol. The number of esters is 1. The number of fused-ring (bicyclic) bond motifs is 1. The van der Waals surface area contributed by atoms with E-state index in [-0.39, 0.29) is 18.3 Å². The minimum absolute atomic E-state index is 0.0293. The number of nitrogens with zero attached hydrogens (tertiary/aromatic N) is 6. The van der Waals surface area contributed by atoms with Crippen molar-refractivity contribution in [3.63, 3.8) is 0 Å². The number of anilines is 2. The predicted octanol–water partition coefficient (Wildman–Crippen LogP) is 1.38. The molecule has 1 saturated heterocycles. The van der Waals surface area contributed by atoms with Crippen LogP contribution in [0.3, 0.4) is 0 Å². The van der Waals surface area contributed by atoms with Gasteiger partial charge in [0.25, 0.3) is 0 Å². The number of piperazine rings is 1. The first kappa shape index (κ1) is 22.7. The second-order valence-electron chi connectivity index (χ2n) is 9.58. The van der Waals surface area contributed by atoms with Crippen LogP contribution in [0.15, 0.2) is 6.33 Å². The van der Waals surface area contributed by atoms with Crippen molar-refractivity contribution < 1.29 is 19.2 Å². The summed E-state index contributed by atoms with van der Waals surface area (Å²) in [6, 6.07) is 0. The molecule has 0 unspecified atom stereocenters. The van der Waals surface area contributed by atoms with Gasteiger partial charge in [0.2, 0.25) is 5.95 Å². The van der Waals surface area contributed by atoms with Crippen molar-refractivity contribution in [2.45, 2.75) is 53.7 Å². The van der Waals surface area contributed by atoms with Crippen LogP contribution < -0.4 is 10.6 Å². The van der Waals surface area contributed by atoms with Crippen molar-refractivity contribution in [3.8, 4) is 0 Å². The lowest BCUT2D eigenvalue weighted by atomic mass is 9.98. The number of carbonyl (C=O) groups is 2. The minimum Gasteiger partial charge on any atom is -0.459 e. The molecule has 11 heteroatoms. The van der Waals surface area contributed by atoms with Gasteiger partial charge in [0.1, 0.15) is 17.7 Å². The van der Waals surface area contributed by atoms with Gasteiger partial charge in [0, 0.05) is 13.1 Å². The third-order valence-electron chi connectivity index (χ3n) is 4.55. The van der Waals surface area contributed by atoms with E-state index in [2.05, 4.69) is 15.0 Å². The van der Waals surface area contributed by atoms with Crippen LogP contribution in [0.1, 0.15) is 41.5 Å². The molecule has 1 fully saturated rings. The van der Waals surface area contributed by atoms with E-state index in [1.54, 1.807) is 9.63 Å². The Morgan fingerprint density at radius 3 is 2.29 bits per heavy atom. The predicted molar refractivity (Wildman–Crippen MR) is 115 cm³/mol. The molecule has 0 spiro atoms. The van der Waals surface area contributed by atoms with Gasteiger partial charge in [0.15, 0.2) is 11.5 Å². The van der Waals surface area contributed by atoms with Crippen molar-refractivity contribution >= 4 is 34.9 Å². The first-order valence-electron chi connectivity index (χ1n) is 10.3. The van der Waals surface area contributed by atoms with E-state index in [1.807, 2.05) is 46.4 Å². The maximum Gasteiger partial charge on any atom is 0.330 e. The molecule has 31 heavy (non-hydrogen) atoms. The molecule has 1 aliphatic heterocycles. The van der Waals surface area contributed by atoms with Gasteiger partial charge >= 0.3 is 11.9 Å². The molecule has 2 aromatic heterocycles. The number of nitrogens with two attached hydrogens (primary N) is 1. The summed E-state index contributed by atoms with van der Waals surface area (Å²) in [4.78, 5) is 44.9. The minimum atomic E-state index is -0.577. The Balaban J connectivity index is 1.68. The van der Waals surface area contributed by atoms with Crippen LogP contribution in [0.4, 0.5) is 11.8 Å². The Bertz CT molecular complexity index is 966. The quantitative estimate of drug-likeness (QED) is 0.706. The van der Waals surface area contributed by atoms with Gasteiger partial charge in [-0.25, -0.2) is 9.78 Å². The number of imidazole rings is 1. The third-order valence-corrected chi connectivity index (χ3v) is 4.55. The smallest absolute Gasteiger partial charge is 0.330 e. The second-order valence-corrected chi connectivity index (χ2v) is 9.58. The van der Waals surface area contributed by atoms with Crippen LogP contribution in [-0.2, 0) is 25.7 Å². The molecule has 170 valence electrons. The zero-order valence-corrected chi connectivity index (χ0v) is 19.0. The van der Waals surface area contributed by atoms with E-state index < -0.39 is 17.0 Å². The van der Waals surface area contributed by atoms with E-state index in [0.717, 1.165) is 0 Å². The number of ether oxygens (including phenoxy) is 1. The molecule has 0 bridgehead atoms. The summed E-state index contributed by atoms with van der Waals surface area (Å²) in [5.41, 5.74) is 5.95. The first-order valence-corrected chi connectivity index (χ1v) is 10.3. The average Bonchev–Trinajstić information content (AvgIpc) is 3.03. The van der Waals surface area contributed by atoms with Crippen LogP contribution in [0.2, 0.25) is 0 Å². The van der Waals surface area contributed by atoms with Crippen LogP contribution in [0.25, 0.3) is 11.2 Å². The maximum atomic E-state index is 12.2. The van der Waals surface area contributed by atoms with E-state index >= 15 is 0 Å². The fourth-order valence-corrected chi connectivity index (χ4v) is 3.00. The molecule has 3 rings (SSSR count). The normalized spacial score (nSPS) is 15.9.